The molecule has 0 fully saturated rings. The number of carbonyl (C=O) groups excluding carboxylic acids is 1. The van der Waals surface area contributed by atoms with Crippen molar-refractivity contribution in [2.75, 3.05) is 5.32 Å². The molecular formula is C13H11F2NOS. The predicted octanol–water partition coefficient (Wildman–Crippen LogP) is 3.90. The smallest absolute Gasteiger partial charge is 0.256 e. The van der Waals surface area contributed by atoms with Crippen LogP contribution in [-0.4, -0.2) is 5.91 Å². The highest BCUT2D eigenvalue weighted by Gasteiger charge is 2.16. The van der Waals surface area contributed by atoms with Crippen LogP contribution in [0.3, 0.4) is 0 Å². The van der Waals surface area contributed by atoms with Gasteiger partial charge in [0.15, 0.2) is 0 Å². The summed E-state index contributed by atoms with van der Waals surface area (Å²) in [5.74, 6) is -2.07. The number of amides is 1. The van der Waals surface area contributed by atoms with Crippen LogP contribution in [0.25, 0.3) is 0 Å². The van der Waals surface area contributed by atoms with Crippen molar-refractivity contribution in [1.82, 2.24) is 0 Å². The van der Waals surface area contributed by atoms with Crippen LogP contribution in [0.2, 0.25) is 0 Å². The Balaban J connectivity index is 2.30. The van der Waals surface area contributed by atoms with Gasteiger partial charge in [0.1, 0.15) is 17.3 Å². The van der Waals surface area contributed by atoms with Crippen LogP contribution in [-0.2, 0) is 0 Å². The van der Waals surface area contributed by atoms with Gasteiger partial charge in [-0.05, 0) is 32.0 Å². The molecule has 18 heavy (non-hydrogen) atoms. The molecule has 2 aromatic rings. The first kappa shape index (κ1) is 12.7. The first-order chi connectivity index (χ1) is 8.49. The molecule has 1 aromatic heterocycles. The number of hydrogen-bond acceptors (Lipinski definition) is 2. The number of hydrogen-bond donors (Lipinski definition) is 1. The summed E-state index contributed by atoms with van der Waals surface area (Å²) in [5.41, 5.74) is 0.0332. The number of carbonyl (C=O) groups is 1. The van der Waals surface area contributed by atoms with E-state index >= 15 is 0 Å². The summed E-state index contributed by atoms with van der Waals surface area (Å²) >= 11 is 1.47. The van der Waals surface area contributed by atoms with Gasteiger partial charge in [0.05, 0.1) is 5.56 Å². The van der Waals surface area contributed by atoms with Gasteiger partial charge >= 0.3 is 0 Å². The van der Waals surface area contributed by atoms with Crippen LogP contribution < -0.4 is 5.32 Å². The third kappa shape index (κ3) is 2.41. The van der Waals surface area contributed by atoms with E-state index in [0.717, 1.165) is 21.9 Å². The molecule has 0 bridgehead atoms. The molecule has 5 heteroatoms. The number of nitrogens with one attached hydrogen (secondary N) is 1. The van der Waals surface area contributed by atoms with Gasteiger partial charge in [-0.2, -0.15) is 0 Å². The second kappa shape index (κ2) is 4.86. The maximum atomic E-state index is 13.4. The van der Waals surface area contributed by atoms with Crippen LogP contribution in [0.5, 0.6) is 0 Å². The molecule has 1 amide bonds. The molecule has 0 radical (unpaired) electrons. The number of anilines is 1. The molecule has 0 saturated carbocycles. The minimum atomic E-state index is -0.784. The number of aryl methyl sites for hydroxylation is 2. The van der Waals surface area contributed by atoms with Crippen molar-refractivity contribution >= 4 is 22.9 Å². The van der Waals surface area contributed by atoms with E-state index in [1.54, 1.807) is 13.0 Å². The SMILES string of the molecule is Cc1cc(C(=O)Nc2c(F)cccc2F)c(C)s1. The molecule has 0 spiro atoms. The first-order valence-corrected chi connectivity index (χ1v) is 6.13. The Morgan fingerprint density at radius 1 is 1.22 bits per heavy atom. The molecular weight excluding hydrogens is 256 g/mol. The van der Waals surface area contributed by atoms with E-state index in [9.17, 15) is 13.6 Å². The number of thiophene rings is 1. The highest BCUT2D eigenvalue weighted by Crippen LogP contribution is 2.23. The molecule has 2 rings (SSSR count). The average Bonchev–Trinajstić information content (AvgIpc) is 2.63. The minimum Gasteiger partial charge on any atom is -0.317 e. The zero-order valence-corrected chi connectivity index (χ0v) is 10.7. The third-order valence-electron chi connectivity index (χ3n) is 2.49. The summed E-state index contributed by atoms with van der Waals surface area (Å²) in [6.07, 6.45) is 0. The Hall–Kier alpha value is -1.75. The van der Waals surface area contributed by atoms with Gasteiger partial charge in [-0.1, -0.05) is 6.07 Å². The molecule has 0 aliphatic rings. The van der Waals surface area contributed by atoms with Crippen molar-refractivity contribution in [3.63, 3.8) is 0 Å². The Kier molecular flexibility index (Phi) is 3.43. The van der Waals surface area contributed by atoms with Gasteiger partial charge in [0.25, 0.3) is 5.91 Å². The third-order valence-corrected chi connectivity index (χ3v) is 3.45. The topological polar surface area (TPSA) is 29.1 Å². The summed E-state index contributed by atoms with van der Waals surface area (Å²) in [7, 11) is 0. The fraction of sp³-hybridized carbons (Fsp3) is 0.154. The van der Waals surface area contributed by atoms with E-state index in [1.165, 1.54) is 17.4 Å². The van der Waals surface area contributed by atoms with Gasteiger partial charge in [0, 0.05) is 9.75 Å². The van der Waals surface area contributed by atoms with Gasteiger partial charge in [-0.15, -0.1) is 11.3 Å². The van der Waals surface area contributed by atoms with E-state index < -0.39 is 23.2 Å². The Morgan fingerprint density at radius 2 is 1.83 bits per heavy atom. The van der Waals surface area contributed by atoms with Crippen LogP contribution in [0.4, 0.5) is 14.5 Å². The van der Waals surface area contributed by atoms with E-state index in [-0.39, 0.29) is 0 Å². The van der Waals surface area contributed by atoms with Crippen LogP contribution in [0.15, 0.2) is 24.3 Å². The zero-order valence-electron chi connectivity index (χ0n) is 9.88. The van der Waals surface area contributed by atoms with E-state index in [2.05, 4.69) is 5.32 Å². The summed E-state index contributed by atoms with van der Waals surface area (Å²) in [4.78, 5) is 13.7. The maximum Gasteiger partial charge on any atom is 0.256 e. The summed E-state index contributed by atoms with van der Waals surface area (Å²) in [6.45, 7) is 3.67. The molecule has 1 heterocycles. The number of halogens is 2. The zero-order chi connectivity index (χ0) is 13.3. The molecule has 1 N–H and O–H groups in total. The van der Waals surface area contributed by atoms with E-state index in [1.807, 2.05) is 6.92 Å². The molecule has 0 saturated heterocycles. The minimum absolute atomic E-state index is 0.411. The summed E-state index contributed by atoms with van der Waals surface area (Å²) in [5, 5.41) is 2.27. The second-order valence-corrected chi connectivity index (χ2v) is 5.34. The fourth-order valence-electron chi connectivity index (χ4n) is 1.65. The van der Waals surface area contributed by atoms with Crippen molar-refractivity contribution in [2.24, 2.45) is 0 Å². The van der Waals surface area contributed by atoms with E-state index in [0.29, 0.717) is 5.56 Å². The fourth-order valence-corrected chi connectivity index (χ4v) is 2.58. The maximum absolute atomic E-state index is 13.4. The van der Waals surface area contributed by atoms with Crippen LogP contribution in [0, 0.1) is 25.5 Å². The van der Waals surface area contributed by atoms with Gasteiger partial charge in [-0.25, -0.2) is 8.78 Å². The van der Waals surface area contributed by atoms with Crippen LogP contribution in [0.1, 0.15) is 20.1 Å². The highest BCUT2D eigenvalue weighted by atomic mass is 32.1. The standard InChI is InChI=1S/C13H11F2NOS/c1-7-6-9(8(2)18-7)13(17)16-12-10(14)4-3-5-11(12)15/h3-6H,1-2H3,(H,16,17). The molecule has 0 unspecified atom stereocenters. The van der Waals surface area contributed by atoms with Crippen molar-refractivity contribution in [1.29, 1.82) is 0 Å². The first-order valence-electron chi connectivity index (χ1n) is 5.31. The monoisotopic (exact) mass is 267 g/mol. The highest BCUT2D eigenvalue weighted by molar-refractivity contribution is 7.12. The lowest BCUT2D eigenvalue weighted by Gasteiger charge is -2.06. The molecule has 0 atom stereocenters. The molecule has 2 nitrogen and oxygen atoms in total. The largest absolute Gasteiger partial charge is 0.317 e. The molecule has 94 valence electrons. The van der Waals surface area contributed by atoms with Crippen molar-refractivity contribution in [3.05, 3.63) is 51.2 Å². The summed E-state index contributed by atoms with van der Waals surface area (Å²) in [6, 6.07) is 5.16. The normalized spacial score (nSPS) is 10.4. The Bertz CT molecular complexity index is 587. The molecule has 1 aromatic carbocycles. The van der Waals surface area contributed by atoms with E-state index in [4.69, 9.17) is 0 Å². The number of benzene rings is 1. The van der Waals surface area contributed by atoms with Crippen molar-refractivity contribution in [2.45, 2.75) is 13.8 Å². The predicted molar refractivity (Wildman–Crippen MR) is 68.1 cm³/mol. The summed E-state index contributed by atoms with van der Waals surface area (Å²) < 4.78 is 26.8. The lowest BCUT2D eigenvalue weighted by Crippen LogP contribution is -2.14. The number of para-hydroxylation sites is 1. The molecule has 0 aliphatic heterocycles. The van der Waals surface area contributed by atoms with Gasteiger partial charge < -0.3 is 5.32 Å². The van der Waals surface area contributed by atoms with Crippen molar-refractivity contribution in [3.8, 4) is 0 Å². The quantitative estimate of drug-likeness (QED) is 0.878. The second-order valence-electron chi connectivity index (χ2n) is 3.88. The van der Waals surface area contributed by atoms with Crippen LogP contribution >= 0.6 is 11.3 Å². The van der Waals surface area contributed by atoms with Crippen molar-refractivity contribution < 1.29 is 13.6 Å². The molecule has 0 aliphatic carbocycles. The Labute approximate surface area is 107 Å². The van der Waals surface area contributed by atoms with Gasteiger partial charge in [0.2, 0.25) is 0 Å². The number of rotatable bonds is 2. The Morgan fingerprint density at radius 3 is 2.33 bits per heavy atom. The average molecular weight is 267 g/mol. The lowest BCUT2D eigenvalue weighted by atomic mass is 10.2. The van der Waals surface area contributed by atoms with Gasteiger partial charge in [-0.3, -0.25) is 4.79 Å². The lowest BCUT2D eigenvalue weighted by molar-refractivity contribution is 0.102.